The van der Waals surface area contributed by atoms with Crippen molar-refractivity contribution in [3.05, 3.63) is 33.9 Å². The molecular formula is C9H13ClN2O4. The quantitative estimate of drug-likeness (QED) is 0.439. The van der Waals surface area contributed by atoms with Gasteiger partial charge in [-0.2, -0.15) is 0 Å². The van der Waals surface area contributed by atoms with Gasteiger partial charge in [-0.1, -0.05) is 12.2 Å². The standard InChI is InChI=1S/C9H12N2O4.ClH/c1-6(8(12)13)7-3-2-4-9(10,5-7)11(14)15;/h2-4,6H,5,10H2,1H3,(H,12,13);1H. The van der Waals surface area contributed by atoms with Crippen molar-refractivity contribution < 1.29 is 14.8 Å². The van der Waals surface area contributed by atoms with Gasteiger partial charge in [0.05, 0.1) is 12.3 Å². The fraction of sp³-hybridized carbons (Fsp3) is 0.444. The lowest BCUT2D eigenvalue weighted by atomic mass is 9.88. The molecule has 0 aromatic rings. The first-order chi connectivity index (χ1) is 6.87. The van der Waals surface area contributed by atoms with Crippen LogP contribution < -0.4 is 5.73 Å². The second-order valence-electron chi connectivity index (χ2n) is 3.59. The maximum Gasteiger partial charge on any atom is 0.310 e. The van der Waals surface area contributed by atoms with Crippen molar-refractivity contribution in [3.63, 3.8) is 0 Å². The smallest absolute Gasteiger partial charge is 0.310 e. The Morgan fingerprint density at radius 3 is 2.75 bits per heavy atom. The second-order valence-corrected chi connectivity index (χ2v) is 3.59. The molecule has 7 heteroatoms. The summed E-state index contributed by atoms with van der Waals surface area (Å²) >= 11 is 0. The molecule has 0 aliphatic heterocycles. The van der Waals surface area contributed by atoms with Gasteiger partial charge in [0, 0.05) is 11.0 Å². The highest BCUT2D eigenvalue weighted by molar-refractivity contribution is 5.85. The van der Waals surface area contributed by atoms with Crippen LogP contribution in [-0.2, 0) is 4.79 Å². The number of carboxylic acid groups (broad SMARTS) is 1. The molecule has 2 atom stereocenters. The van der Waals surface area contributed by atoms with E-state index in [0.717, 1.165) is 0 Å². The zero-order valence-electron chi connectivity index (χ0n) is 8.62. The summed E-state index contributed by atoms with van der Waals surface area (Å²) < 4.78 is 0. The van der Waals surface area contributed by atoms with Gasteiger partial charge in [-0.3, -0.25) is 20.6 Å². The molecular weight excluding hydrogens is 236 g/mol. The van der Waals surface area contributed by atoms with Gasteiger partial charge >= 0.3 is 5.97 Å². The minimum absolute atomic E-state index is 0. The van der Waals surface area contributed by atoms with Crippen molar-refractivity contribution in [2.75, 3.05) is 0 Å². The minimum Gasteiger partial charge on any atom is -0.481 e. The molecule has 0 aromatic carbocycles. The number of nitrogens with zero attached hydrogens (tertiary/aromatic N) is 1. The maximum atomic E-state index is 10.7. The molecule has 0 fully saturated rings. The topological polar surface area (TPSA) is 106 Å². The molecule has 1 rings (SSSR count). The zero-order chi connectivity index (χ0) is 11.6. The third kappa shape index (κ3) is 2.80. The monoisotopic (exact) mass is 248 g/mol. The van der Waals surface area contributed by atoms with Crippen molar-refractivity contribution in [2.45, 2.75) is 19.0 Å². The largest absolute Gasteiger partial charge is 0.481 e. The average molecular weight is 249 g/mol. The number of carbonyl (C=O) groups is 1. The molecule has 0 aromatic heterocycles. The van der Waals surface area contributed by atoms with Gasteiger partial charge in [0.15, 0.2) is 0 Å². The Morgan fingerprint density at radius 2 is 2.31 bits per heavy atom. The van der Waals surface area contributed by atoms with Gasteiger partial charge in [-0.25, -0.2) is 0 Å². The third-order valence-electron chi connectivity index (χ3n) is 2.45. The molecule has 0 saturated heterocycles. The van der Waals surface area contributed by atoms with Gasteiger partial charge in [-0.15, -0.1) is 12.4 Å². The lowest BCUT2D eigenvalue weighted by molar-refractivity contribution is -0.554. The van der Waals surface area contributed by atoms with E-state index in [-0.39, 0.29) is 18.8 Å². The van der Waals surface area contributed by atoms with Crippen LogP contribution in [0.1, 0.15) is 13.3 Å². The molecule has 90 valence electrons. The lowest BCUT2D eigenvalue weighted by Gasteiger charge is -2.23. The van der Waals surface area contributed by atoms with Crippen LogP contribution in [0.5, 0.6) is 0 Å². The average Bonchev–Trinajstić information content (AvgIpc) is 2.16. The molecule has 0 radical (unpaired) electrons. The third-order valence-corrected chi connectivity index (χ3v) is 2.45. The molecule has 3 N–H and O–H groups in total. The predicted molar refractivity (Wildman–Crippen MR) is 59.8 cm³/mol. The van der Waals surface area contributed by atoms with Crippen LogP contribution in [0.15, 0.2) is 23.8 Å². The Morgan fingerprint density at radius 1 is 1.75 bits per heavy atom. The highest BCUT2D eigenvalue weighted by Crippen LogP contribution is 2.26. The van der Waals surface area contributed by atoms with Crippen LogP contribution in [0.2, 0.25) is 0 Å². The molecule has 1 aliphatic carbocycles. The van der Waals surface area contributed by atoms with Crippen molar-refractivity contribution in [1.82, 2.24) is 0 Å². The highest BCUT2D eigenvalue weighted by Gasteiger charge is 2.39. The van der Waals surface area contributed by atoms with Crippen LogP contribution in [0, 0.1) is 16.0 Å². The maximum absolute atomic E-state index is 10.7. The Bertz CT molecular complexity index is 367. The predicted octanol–water partition coefficient (Wildman–Crippen LogP) is 0.947. The number of allylic oxidation sites excluding steroid dienone is 2. The SMILES string of the molecule is CC(C(=O)O)C1=CC=CC(N)([N+](=O)[O-])C1.Cl. The number of rotatable bonds is 3. The Kier molecular flexibility index (Phi) is 4.64. The van der Waals surface area contributed by atoms with Gasteiger partial charge < -0.3 is 5.11 Å². The van der Waals surface area contributed by atoms with E-state index in [2.05, 4.69) is 0 Å². The molecule has 0 saturated carbocycles. The van der Waals surface area contributed by atoms with E-state index in [4.69, 9.17) is 10.8 Å². The van der Waals surface area contributed by atoms with E-state index in [1.54, 1.807) is 6.08 Å². The molecule has 0 heterocycles. The Hall–Kier alpha value is -1.40. The number of nitrogens with two attached hydrogens (primary N) is 1. The number of carboxylic acids is 1. The number of nitro groups is 1. The van der Waals surface area contributed by atoms with Crippen molar-refractivity contribution >= 4 is 18.4 Å². The van der Waals surface area contributed by atoms with Crippen LogP contribution in [0.3, 0.4) is 0 Å². The summed E-state index contributed by atoms with van der Waals surface area (Å²) in [5.41, 5.74) is 4.30. The Balaban J connectivity index is 0.00000225. The zero-order valence-corrected chi connectivity index (χ0v) is 9.44. The number of hydrogen-bond acceptors (Lipinski definition) is 4. The van der Waals surface area contributed by atoms with Crippen molar-refractivity contribution in [2.24, 2.45) is 11.7 Å². The van der Waals surface area contributed by atoms with E-state index < -0.39 is 22.5 Å². The van der Waals surface area contributed by atoms with E-state index in [1.807, 2.05) is 0 Å². The van der Waals surface area contributed by atoms with Crippen LogP contribution in [0.25, 0.3) is 0 Å². The number of aliphatic carboxylic acids is 1. The summed E-state index contributed by atoms with van der Waals surface area (Å²) in [4.78, 5) is 20.8. The highest BCUT2D eigenvalue weighted by atomic mass is 35.5. The van der Waals surface area contributed by atoms with E-state index in [1.165, 1.54) is 19.1 Å². The second kappa shape index (κ2) is 5.09. The summed E-state index contributed by atoms with van der Waals surface area (Å²) in [7, 11) is 0. The summed E-state index contributed by atoms with van der Waals surface area (Å²) in [6.45, 7) is 1.48. The van der Waals surface area contributed by atoms with Gasteiger partial charge in [-0.05, 0) is 12.5 Å². The molecule has 16 heavy (non-hydrogen) atoms. The molecule has 0 amide bonds. The van der Waals surface area contributed by atoms with E-state index >= 15 is 0 Å². The number of hydrogen-bond donors (Lipinski definition) is 2. The minimum atomic E-state index is -1.67. The first-order valence-corrected chi connectivity index (χ1v) is 4.41. The molecule has 6 nitrogen and oxygen atoms in total. The van der Waals surface area contributed by atoms with Crippen LogP contribution in [-0.4, -0.2) is 21.7 Å². The summed E-state index contributed by atoms with van der Waals surface area (Å²) in [6.07, 6.45) is 4.20. The van der Waals surface area contributed by atoms with Crippen molar-refractivity contribution in [1.29, 1.82) is 0 Å². The van der Waals surface area contributed by atoms with Crippen molar-refractivity contribution in [3.8, 4) is 0 Å². The normalized spacial score (nSPS) is 25.2. The molecule has 0 spiro atoms. The molecule has 2 unspecified atom stereocenters. The summed E-state index contributed by atoms with van der Waals surface area (Å²) in [5.74, 6) is -1.76. The van der Waals surface area contributed by atoms with Crippen LogP contribution in [0.4, 0.5) is 0 Å². The first kappa shape index (κ1) is 14.6. The fourth-order valence-electron chi connectivity index (χ4n) is 1.36. The fourth-order valence-corrected chi connectivity index (χ4v) is 1.36. The Labute approximate surface area is 98.4 Å². The molecule has 0 bridgehead atoms. The summed E-state index contributed by atoms with van der Waals surface area (Å²) in [5, 5.41) is 19.4. The lowest BCUT2D eigenvalue weighted by Crippen LogP contribution is -2.47. The summed E-state index contributed by atoms with van der Waals surface area (Å²) in [6, 6.07) is 0. The van der Waals surface area contributed by atoms with E-state index in [0.29, 0.717) is 5.57 Å². The number of halogens is 1. The molecule has 1 aliphatic rings. The van der Waals surface area contributed by atoms with Gasteiger partial charge in [0.1, 0.15) is 0 Å². The first-order valence-electron chi connectivity index (χ1n) is 4.41. The van der Waals surface area contributed by atoms with E-state index in [9.17, 15) is 14.9 Å². The van der Waals surface area contributed by atoms with Crippen LogP contribution >= 0.6 is 12.4 Å². The van der Waals surface area contributed by atoms with Gasteiger partial charge in [0.25, 0.3) is 5.66 Å². The van der Waals surface area contributed by atoms with Gasteiger partial charge in [0.2, 0.25) is 0 Å².